The first-order chi connectivity index (χ1) is 35.3. The van der Waals surface area contributed by atoms with E-state index in [2.05, 4.69) is 165 Å². The van der Waals surface area contributed by atoms with Crippen molar-refractivity contribution in [3.05, 3.63) is 140 Å². The van der Waals surface area contributed by atoms with Gasteiger partial charge in [0, 0.05) is 77.2 Å². The lowest BCUT2D eigenvalue weighted by Crippen LogP contribution is -2.15. The van der Waals surface area contributed by atoms with Crippen molar-refractivity contribution in [2.45, 2.75) is 157 Å². The van der Waals surface area contributed by atoms with E-state index in [1.807, 2.05) is 0 Å². The van der Waals surface area contributed by atoms with Crippen molar-refractivity contribution in [2.75, 3.05) is 0 Å². The number of carbonyl (C=O) groups excluding carboxylic acids is 2. The number of rotatable bonds is 2. The number of aryl methyl sites for hydroxylation is 6. The van der Waals surface area contributed by atoms with E-state index in [-0.39, 0.29) is 22.7 Å². The van der Waals surface area contributed by atoms with Crippen molar-refractivity contribution >= 4 is 87.8 Å². The summed E-state index contributed by atoms with van der Waals surface area (Å²) in [5.41, 5.74) is 26.6. The smallest absolute Gasteiger partial charge is 0.166 e. The molecule has 11 aromatic rings. The Morgan fingerprint density at radius 3 is 1.03 bits per heavy atom. The Hall–Kier alpha value is -6.52. The number of fused-ring (bicyclic) bond motifs is 16. The zero-order valence-electron chi connectivity index (χ0n) is 45.6. The van der Waals surface area contributed by atoms with Gasteiger partial charge in [-0.25, -0.2) is 0 Å². The van der Waals surface area contributed by atoms with Crippen LogP contribution in [0.3, 0.4) is 0 Å². The van der Waals surface area contributed by atoms with Gasteiger partial charge in [-0.1, -0.05) is 76.9 Å². The minimum Gasteiger partial charge on any atom is -0.307 e. The molecule has 0 saturated heterocycles. The van der Waals surface area contributed by atoms with Crippen LogP contribution in [0.25, 0.3) is 98.4 Å². The summed E-state index contributed by atoms with van der Waals surface area (Å²) in [6.45, 7) is 28.0. The van der Waals surface area contributed by atoms with Crippen LogP contribution in [0.2, 0.25) is 0 Å². The monoisotopic (exact) mass is 969 g/mol. The molecule has 4 nitrogen and oxygen atoms in total. The van der Waals surface area contributed by atoms with Crippen LogP contribution in [0.1, 0.15) is 181 Å². The summed E-state index contributed by atoms with van der Waals surface area (Å²) < 4.78 is 5.31. The van der Waals surface area contributed by atoms with Gasteiger partial charge >= 0.3 is 0 Å². The van der Waals surface area contributed by atoms with Gasteiger partial charge in [0.25, 0.3) is 0 Å². The molecule has 0 spiro atoms. The summed E-state index contributed by atoms with van der Waals surface area (Å²) in [5.74, 6) is 1.71. The SMILES string of the molecule is Cc1cc(C)c(-c2c3c4cc(C(C)(C)C)cc5c6cc7c(cc6n(c3c(-c3c(C)cc(C)cc3C)c3c6cc(C(C)(C)C)cc8c9cc%10c(cc9n(c23)c86)C(=O)C2CCC%10CC2)c54)C(=O)C2CCC7CC2)c(C)c1. The minimum atomic E-state index is -0.145. The number of ketones is 2. The molecule has 2 fully saturated rings. The van der Waals surface area contributed by atoms with Gasteiger partial charge in [0.1, 0.15) is 0 Å². The van der Waals surface area contributed by atoms with Crippen molar-refractivity contribution in [3.8, 4) is 22.3 Å². The third-order valence-electron chi connectivity index (χ3n) is 19.7. The van der Waals surface area contributed by atoms with E-state index < -0.39 is 0 Å². The van der Waals surface area contributed by atoms with Crippen LogP contribution in [0.5, 0.6) is 0 Å². The average molecular weight is 969 g/mol. The number of hydrogen-bond donors (Lipinski definition) is 0. The summed E-state index contributed by atoms with van der Waals surface area (Å²) >= 11 is 0. The molecule has 4 bridgehead atoms. The zero-order valence-corrected chi connectivity index (χ0v) is 45.6. The number of carbonyl (C=O) groups is 2. The first-order valence-corrected chi connectivity index (χ1v) is 28.1. The highest BCUT2D eigenvalue weighted by Gasteiger charge is 2.40. The number of benzene rings is 7. The molecule has 6 aliphatic rings. The highest BCUT2D eigenvalue weighted by Crippen LogP contribution is 2.58. The lowest BCUT2D eigenvalue weighted by atomic mass is 9.81. The fourth-order valence-corrected chi connectivity index (χ4v) is 16.3. The molecule has 17 rings (SSSR count). The Balaban J connectivity index is 1.29. The number of Topliss-reactive ketones (excluding diaryl/α,β-unsaturated/α-hetero) is 2. The molecule has 0 unspecified atom stereocenters. The maximum absolute atomic E-state index is 14.9. The normalized spacial score (nSPS) is 20.3. The van der Waals surface area contributed by atoms with Crippen molar-refractivity contribution in [2.24, 2.45) is 11.8 Å². The van der Waals surface area contributed by atoms with E-state index in [0.29, 0.717) is 23.4 Å². The van der Waals surface area contributed by atoms with E-state index in [0.717, 1.165) is 73.5 Å². The van der Waals surface area contributed by atoms with Crippen LogP contribution in [-0.2, 0) is 10.8 Å². The summed E-state index contributed by atoms with van der Waals surface area (Å²) in [4.78, 5) is 29.7. The number of aromatic nitrogens is 2. The third kappa shape index (κ3) is 5.76. The zero-order chi connectivity index (χ0) is 51.1. The average Bonchev–Trinajstić information content (AvgIpc) is 4.15. The summed E-state index contributed by atoms with van der Waals surface area (Å²) in [6.07, 6.45) is 8.30. The summed E-state index contributed by atoms with van der Waals surface area (Å²) in [7, 11) is 0. The molecule has 0 aliphatic heterocycles. The highest BCUT2D eigenvalue weighted by atomic mass is 16.1. The van der Waals surface area contributed by atoms with E-state index in [4.69, 9.17) is 0 Å². The summed E-state index contributed by atoms with van der Waals surface area (Å²) in [5, 5.41) is 10.1. The largest absolute Gasteiger partial charge is 0.307 e. The van der Waals surface area contributed by atoms with Gasteiger partial charge in [0.15, 0.2) is 11.6 Å². The quantitative estimate of drug-likeness (QED) is 0.173. The third-order valence-corrected chi connectivity index (χ3v) is 19.7. The number of nitrogens with zero attached hydrogens (tertiary/aromatic N) is 2. The molecular formula is C70H68N2O2. The first-order valence-electron chi connectivity index (χ1n) is 28.1. The Morgan fingerprint density at radius 1 is 0.365 bits per heavy atom. The van der Waals surface area contributed by atoms with Gasteiger partial charge in [-0.15, -0.1) is 0 Å². The molecule has 370 valence electrons. The summed E-state index contributed by atoms with van der Waals surface area (Å²) in [6, 6.07) is 29.4. The van der Waals surface area contributed by atoms with Gasteiger partial charge < -0.3 is 8.80 Å². The molecule has 4 heterocycles. The molecule has 0 N–H and O–H groups in total. The van der Waals surface area contributed by atoms with Crippen LogP contribution in [-0.4, -0.2) is 20.4 Å². The molecular weight excluding hydrogens is 901 g/mol. The van der Waals surface area contributed by atoms with Crippen molar-refractivity contribution in [1.82, 2.24) is 8.80 Å². The Kier molecular flexibility index (Phi) is 8.89. The lowest BCUT2D eigenvalue weighted by molar-refractivity contribution is 0.0891. The standard InChI is InChI=1S/C70H68N2O2/c1-33-21-35(3)57(36(4)22-33)61-59-53-27-43(69(7,8)9)25-49-48-30-46-40-15-19-42(20-16-40)68(74)52(46)32-56(48)72(63(49)53)66(59)62(58-37(5)23-34(2)24-38(58)6)60-54-28-44(70(10,11)12)26-50-47-29-45-39-13-17-41(18-14-39)67(73)51(45)31-55(47)71(64(50)54)65(60)61/h21-32,39-42H,13-20H2,1-12H3. The molecule has 0 amide bonds. The Morgan fingerprint density at radius 2 is 0.689 bits per heavy atom. The van der Waals surface area contributed by atoms with Gasteiger partial charge in [-0.05, 0) is 220 Å². The lowest BCUT2D eigenvalue weighted by Gasteiger charge is -2.23. The number of hydrogen-bond acceptors (Lipinski definition) is 2. The maximum Gasteiger partial charge on any atom is 0.166 e. The molecule has 74 heavy (non-hydrogen) atoms. The second-order valence-electron chi connectivity index (χ2n) is 26.5. The molecule has 2 saturated carbocycles. The van der Waals surface area contributed by atoms with Gasteiger partial charge in [-0.3, -0.25) is 9.59 Å². The van der Waals surface area contributed by atoms with Crippen LogP contribution in [0.4, 0.5) is 0 Å². The first kappa shape index (κ1) is 44.9. The molecule has 7 aromatic carbocycles. The minimum absolute atomic E-state index is 0.0987. The van der Waals surface area contributed by atoms with Crippen LogP contribution < -0.4 is 0 Å². The predicted molar refractivity (Wildman–Crippen MR) is 311 cm³/mol. The van der Waals surface area contributed by atoms with Crippen molar-refractivity contribution in [1.29, 1.82) is 0 Å². The van der Waals surface area contributed by atoms with E-state index in [1.165, 1.54) is 143 Å². The fraction of sp³-hybridized carbons (Fsp3) is 0.371. The van der Waals surface area contributed by atoms with Crippen LogP contribution in [0.15, 0.2) is 72.8 Å². The molecule has 0 radical (unpaired) electrons. The molecule has 4 heteroatoms. The van der Waals surface area contributed by atoms with Gasteiger partial charge in [0.2, 0.25) is 0 Å². The second-order valence-corrected chi connectivity index (χ2v) is 26.5. The van der Waals surface area contributed by atoms with Gasteiger partial charge in [0.05, 0.1) is 33.1 Å². The van der Waals surface area contributed by atoms with Gasteiger partial charge in [-0.2, -0.15) is 0 Å². The molecule has 4 aromatic heterocycles. The molecule has 0 atom stereocenters. The maximum atomic E-state index is 14.9. The second kappa shape index (κ2) is 14.7. The van der Waals surface area contributed by atoms with Crippen LogP contribution >= 0.6 is 0 Å². The Bertz CT molecular complexity index is 4050. The highest BCUT2D eigenvalue weighted by molar-refractivity contribution is 6.39. The van der Waals surface area contributed by atoms with Crippen molar-refractivity contribution < 1.29 is 9.59 Å². The Labute approximate surface area is 434 Å². The van der Waals surface area contributed by atoms with Crippen molar-refractivity contribution in [3.63, 3.8) is 0 Å². The predicted octanol–water partition coefficient (Wildman–Crippen LogP) is 18.7. The van der Waals surface area contributed by atoms with E-state index in [9.17, 15) is 9.59 Å². The van der Waals surface area contributed by atoms with Crippen LogP contribution in [0, 0.1) is 53.4 Å². The molecule has 6 aliphatic carbocycles. The topological polar surface area (TPSA) is 43.0 Å². The van der Waals surface area contributed by atoms with E-state index >= 15 is 0 Å². The van der Waals surface area contributed by atoms with E-state index in [1.54, 1.807) is 0 Å². The fourth-order valence-electron chi connectivity index (χ4n) is 16.3.